The lowest BCUT2D eigenvalue weighted by molar-refractivity contribution is -0.142. The van der Waals surface area contributed by atoms with Crippen LogP contribution in [0.5, 0.6) is 0 Å². The lowest BCUT2D eigenvalue weighted by atomic mass is 9.97. The maximum absolute atomic E-state index is 12.7. The Bertz CT molecular complexity index is 813. The molecule has 0 spiro atoms. The van der Waals surface area contributed by atoms with Gasteiger partial charge in [0.1, 0.15) is 18.1 Å². The molecular formula is C19H31N7O6. The molecule has 13 nitrogen and oxygen atoms in total. The lowest BCUT2D eigenvalue weighted by Crippen LogP contribution is -2.58. The van der Waals surface area contributed by atoms with Crippen molar-refractivity contribution >= 4 is 29.6 Å². The number of carboxylic acid groups (broad SMARTS) is 1. The molecule has 0 saturated carbocycles. The first-order valence-corrected chi connectivity index (χ1v) is 10.1. The quantitative estimate of drug-likeness (QED) is 0.172. The zero-order valence-corrected chi connectivity index (χ0v) is 18.3. The normalized spacial score (nSPS) is 15.5. The fraction of sp³-hybridized carbons (Fsp3) is 0.579. The van der Waals surface area contributed by atoms with Crippen molar-refractivity contribution in [1.82, 2.24) is 25.9 Å². The van der Waals surface area contributed by atoms with Crippen LogP contribution >= 0.6 is 0 Å². The Kier molecular flexibility index (Phi) is 10.3. The highest BCUT2D eigenvalue weighted by Gasteiger charge is 2.31. The van der Waals surface area contributed by atoms with Crippen molar-refractivity contribution in [2.45, 2.75) is 64.2 Å². The van der Waals surface area contributed by atoms with Gasteiger partial charge in [-0.05, 0) is 12.8 Å². The summed E-state index contributed by atoms with van der Waals surface area (Å²) in [6.07, 6.45) is 2.94. The summed E-state index contributed by atoms with van der Waals surface area (Å²) in [7, 11) is 0. The van der Waals surface area contributed by atoms with E-state index in [-0.39, 0.29) is 18.8 Å². The van der Waals surface area contributed by atoms with E-state index < -0.39 is 53.8 Å². The molecule has 9 N–H and O–H groups in total. The fourth-order valence-corrected chi connectivity index (χ4v) is 2.75. The van der Waals surface area contributed by atoms with Gasteiger partial charge in [-0.25, -0.2) is 9.78 Å². The molecule has 0 aliphatic carbocycles. The molecule has 1 aromatic heterocycles. The molecular weight excluding hydrogens is 422 g/mol. The smallest absolute Gasteiger partial charge is 0.326 e. The molecule has 0 aliphatic heterocycles. The Morgan fingerprint density at radius 3 is 2.25 bits per heavy atom. The monoisotopic (exact) mass is 453 g/mol. The molecule has 0 fully saturated rings. The van der Waals surface area contributed by atoms with E-state index in [1.165, 1.54) is 19.4 Å². The standard InChI is InChI=1S/C19H31N7O6/c1-4-9(2)15(26-17(29)12(20)6-14(21)27)18(30)24-10(3)16(28)25-13(19(31)32)5-11-7-22-8-23-11/h7-10,12-13,15H,4-6,20H2,1-3H3,(H2,21,27)(H,22,23)(H,24,30)(H,25,28)(H,26,29)(H,31,32). The Morgan fingerprint density at radius 1 is 1.09 bits per heavy atom. The number of nitrogens with two attached hydrogens (primary N) is 2. The number of nitrogens with zero attached hydrogens (tertiary/aromatic N) is 1. The second kappa shape index (κ2) is 12.4. The van der Waals surface area contributed by atoms with Gasteiger partial charge in [-0.3, -0.25) is 19.2 Å². The molecule has 1 aromatic rings. The van der Waals surface area contributed by atoms with Gasteiger partial charge in [-0.1, -0.05) is 20.3 Å². The highest BCUT2D eigenvalue weighted by atomic mass is 16.4. The molecule has 13 heteroatoms. The predicted molar refractivity (Wildman–Crippen MR) is 113 cm³/mol. The van der Waals surface area contributed by atoms with Crippen LogP contribution in [-0.4, -0.2) is 68.8 Å². The number of carboxylic acids is 1. The van der Waals surface area contributed by atoms with E-state index in [1.807, 2.05) is 6.92 Å². The molecule has 0 aliphatic rings. The zero-order chi connectivity index (χ0) is 24.4. The number of aliphatic carboxylic acids is 1. The van der Waals surface area contributed by atoms with E-state index in [4.69, 9.17) is 11.5 Å². The Balaban J connectivity index is 2.78. The number of H-pyrrole nitrogens is 1. The first-order chi connectivity index (χ1) is 15.0. The zero-order valence-electron chi connectivity index (χ0n) is 18.3. The van der Waals surface area contributed by atoms with E-state index in [0.717, 1.165) is 0 Å². The number of amides is 4. The summed E-state index contributed by atoms with van der Waals surface area (Å²) in [5, 5.41) is 16.7. The Morgan fingerprint density at radius 2 is 1.75 bits per heavy atom. The average Bonchev–Trinajstić information content (AvgIpc) is 3.22. The molecule has 5 atom stereocenters. The van der Waals surface area contributed by atoms with E-state index in [0.29, 0.717) is 12.1 Å². The minimum Gasteiger partial charge on any atom is -0.480 e. The third-order valence-electron chi connectivity index (χ3n) is 4.90. The van der Waals surface area contributed by atoms with Gasteiger partial charge in [0.15, 0.2) is 0 Å². The van der Waals surface area contributed by atoms with Crippen LogP contribution < -0.4 is 27.4 Å². The van der Waals surface area contributed by atoms with Crippen LogP contribution in [0, 0.1) is 5.92 Å². The second-order valence-corrected chi connectivity index (χ2v) is 7.56. The summed E-state index contributed by atoms with van der Waals surface area (Å²) in [5.74, 6) is -4.42. The predicted octanol–water partition coefficient (Wildman–Crippen LogP) is -2.24. The summed E-state index contributed by atoms with van der Waals surface area (Å²) >= 11 is 0. The largest absolute Gasteiger partial charge is 0.480 e. The van der Waals surface area contributed by atoms with Gasteiger partial charge < -0.3 is 37.5 Å². The molecule has 32 heavy (non-hydrogen) atoms. The van der Waals surface area contributed by atoms with Crippen molar-refractivity contribution in [2.24, 2.45) is 17.4 Å². The van der Waals surface area contributed by atoms with Gasteiger partial charge in [0.25, 0.3) is 0 Å². The number of rotatable bonds is 13. The van der Waals surface area contributed by atoms with Crippen molar-refractivity contribution in [1.29, 1.82) is 0 Å². The van der Waals surface area contributed by atoms with Gasteiger partial charge in [-0.15, -0.1) is 0 Å². The van der Waals surface area contributed by atoms with Gasteiger partial charge in [0, 0.05) is 18.3 Å². The van der Waals surface area contributed by atoms with Crippen LogP contribution in [0.4, 0.5) is 0 Å². The van der Waals surface area contributed by atoms with Crippen LogP contribution in [0.2, 0.25) is 0 Å². The topological polar surface area (TPSA) is 222 Å². The molecule has 0 radical (unpaired) electrons. The molecule has 0 saturated heterocycles. The first kappa shape index (κ1) is 26.6. The van der Waals surface area contributed by atoms with Crippen molar-refractivity contribution < 1.29 is 29.1 Å². The molecule has 0 aromatic carbocycles. The van der Waals surface area contributed by atoms with Gasteiger partial charge in [0.05, 0.1) is 18.8 Å². The highest BCUT2D eigenvalue weighted by Crippen LogP contribution is 2.09. The van der Waals surface area contributed by atoms with Crippen molar-refractivity contribution in [3.05, 3.63) is 18.2 Å². The minimum atomic E-state index is -1.25. The van der Waals surface area contributed by atoms with E-state index >= 15 is 0 Å². The Hall–Kier alpha value is -3.48. The van der Waals surface area contributed by atoms with Crippen LogP contribution in [0.25, 0.3) is 0 Å². The Labute approximate surface area is 185 Å². The average molecular weight is 454 g/mol. The molecule has 178 valence electrons. The van der Waals surface area contributed by atoms with Crippen LogP contribution in [-0.2, 0) is 30.4 Å². The van der Waals surface area contributed by atoms with Gasteiger partial charge in [-0.2, -0.15) is 0 Å². The number of primary amides is 1. The number of hydrogen-bond donors (Lipinski definition) is 7. The van der Waals surface area contributed by atoms with Crippen LogP contribution in [0.15, 0.2) is 12.5 Å². The minimum absolute atomic E-state index is 0.0228. The summed E-state index contributed by atoms with van der Waals surface area (Å²) in [4.78, 5) is 66.4. The highest BCUT2D eigenvalue weighted by molar-refractivity contribution is 5.95. The molecule has 1 rings (SSSR count). The number of aromatic nitrogens is 2. The lowest BCUT2D eigenvalue weighted by Gasteiger charge is -2.26. The maximum Gasteiger partial charge on any atom is 0.326 e. The summed E-state index contributed by atoms with van der Waals surface area (Å²) < 4.78 is 0. The van der Waals surface area contributed by atoms with Crippen LogP contribution in [0.3, 0.4) is 0 Å². The van der Waals surface area contributed by atoms with Gasteiger partial charge >= 0.3 is 5.97 Å². The summed E-state index contributed by atoms with van der Waals surface area (Å²) in [5.41, 5.74) is 11.2. The molecule has 4 amide bonds. The summed E-state index contributed by atoms with van der Waals surface area (Å²) in [6, 6.07) is -4.57. The fourth-order valence-electron chi connectivity index (χ4n) is 2.75. The number of imidazole rings is 1. The molecule has 0 bridgehead atoms. The van der Waals surface area contributed by atoms with Crippen molar-refractivity contribution in [3.8, 4) is 0 Å². The van der Waals surface area contributed by atoms with E-state index in [2.05, 4.69) is 25.9 Å². The number of nitrogens with one attached hydrogen (secondary N) is 4. The van der Waals surface area contributed by atoms with E-state index in [1.54, 1.807) is 6.92 Å². The third kappa shape index (κ3) is 8.34. The number of aromatic amines is 1. The second-order valence-electron chi connectivity index (χ2n) is 7.56. The van der Waals surface area contributed by atoms with Gasteiger partial charge in [0.2, 0.25) is 23.6 Å². The maximum atomic E-state index is 12.7. The van der Waals surface area contributed by atoms with Crippen molar-refractivity contribution in [2.75, 3.05) is 0 Å². The first-order valence-electron chi connectivity index (χ1n) is 10.1. The number of hydrogen-bond acceptors (Lipinski definition) is 7. The number of carbonyl (C=O) groups excluding carboxylic acids is 4. The van der Waals surface area contributed by atoms with Crippen molar-refractivity contribution in [3.63, 3.8) is 0 Å². The molecule has 1 heterocycles. The van der Waals surface area contributed by atoms with Crippen LogP contribution in [0.1, 0.15) is 39.3 Å². The SMILES string of the molecule is CCC(C)C(NC(=O)C(N)CC(N)=O)C(=O)NC(C)C(=O)NC(Cc1cnc[nH]1)C(=O)O. The molecule has 5 unspecified atom stereocenters. The third-order valence-corrected chi connectivity index (χ3v) is 4.90. The number of carbonyl (C=O) groups is 5. The summed E-state index contributed by atoms with van der Waals surface area (Å²) in [6.45, 7) is 4.92. The van der Waals surface area contributed by atoms with E-state index in [9.17, 15) is 29.1 Å².